The van der Waals surface area contributed by atoms with Crippen LogP contribution in [0.25, 0.3) is 0 Å². The van der Waals surface area contributed by atoms with Crippen LogP contribution in [0.5, 0.6) is 5.75 Å². The Kier molecular flexibility index (Phi) is 3.49. The molecule has 17 heavy (non-hydrogen) atoms. The van der Waals surface area contributed by atoms with Gasteiger partial charge in [0.2, 0.25) is 5.44 Å². The maximum atomic E-state index is 11.8. The normalized spacial score (nSPS) is 19.5. The molecule has 1 atom stereocenters. The standard InChI is InChI=1S/C12H11NO3S/c1-2-8-13-10(14)11(17-12(13)15)16-9-6-4-3-5-7-9/h2-7,11H,1,8H2. The lowest BCUT2D eigenvalue weighted by molar-refractivity contribution is -0.130. The number of thioether (sulfide) groups is 1. The lowest BCUT2D eigenvalue weighted by Crippen LogP contribution is -2.33. The van der Waals surface area contributed by atoms with E-state index in [9.17, 15) is 9.59 Å². The Balaban J connectivity index is 2.07. The third-order valence-corrected chi connectivity index (χ3v) is 3.13. The van der Waals surface area contributed by atoms with E-state index >= 15 is 0 Å². The molecule has 0 aliphatic carbocycles. The second kappa shape index (κ2) is 5.05. The van der Waals surface area contributed by atoms with Crippen molar-refractivity contribution in [1.29, 1.82) is 0 Å². The van der Waals surface area contributed by atoms with Crippen molar-refractivity contribution in [2.75, 3.05) is 6.54 Å². The third-order valence-electron chi connectivity index (χ3n) is 2.19. The van der Waals surface area contributed by atoms with Crippen LogP contribution in [0.1, 0.15) is 0 Å². The number of benzene rings is 1. The van der Waals surface area contributed by atoms with Gasteiger partial charge in [-0.2, -0.15) is 0 Å². The number of para-hydroxylation sites is 1. The van der Waals surface area contributed by atoms with E-state index in [0.29, 0.717) is 5.75 Å². The minimum Gasteiger partial charge on any atom is -0.469 e. The lowest BCUT2D eigenvalue weighted by atomic mass is 10.3. The van der Waals surface area contributed by atoms with E-state index in [0.717, 1.165) is 16.7 Å². The summed E-state index contributed by atoms with van der Waals surface area (Å²) in [6.45, 7) is 3.73. The Morgan fingerprint density at radius 1 is 1.35 bits per heavy atom. The number of amides is 2. The van der Waals surface area contributed by atoms with Crippen molar-refractivity contribution in [3.8, 4) is 5.75 Å². The third kappa shape index (κ3) is 2.50. The van der Waals surface area contributed by atoms with Crippen LogP contribution in [0.3, 0.4) is 0 Å². The quantitative estimate of drug-likeness (QED) is 0.768. The Bertz CT molecular complexity index is 446. The van der Waals surface area contributed by atoms with E-state index in [-0.39, 0.29) is 17.7 Å². The molecule has 0 bridgehead atoms. The van der Waals surface area contributed by atoms with Crippen molar-refractivity contribution >= 4 is 22.9 Å². The van der Waals surface area contributed by atoms with E-state index in [1.54, 1.807) is 12.1 Å². The number of rotatable bonds is 4. The summed E-state index contributed by atoms with van der Waals surface area (Å²) in [5.41, 5.74) is -0.787. The zero-order valence-electron chi connectivity index (χ0n) is 9.04. The molecule has 0 aromatic heterocycles. The van der Waals surface area contributed by atoms with E-state index in [1.165, 1.54) is 6.08 Å². The highest BCUT2D eigenvalue weighted by Crippen LogP contribution is 2.28. The van der Waals surface area contributed by atoms with Gasteiger partial charge >= 0.3 is 0 Å². The molecule has 2 rings (SSSR count). The van der Waals surface area contributed by atoms with Gasteiger partial charge in [0.05, 0.1) is 0 Å². The van der Waals surface area contributed by atoms with Crippen LogP contribution in [0.15, 0.2) is 43.0 Å². The summed E-state index contributed by atoms with van der Waals surface area (Å²) in [5, 5.41) is -0.296. The summed E-state index contributed by atoms with van der Waals surface area (Å²) >= 11 is 0.884. The number of carbonyl (C=O) groups is 2. The number of carbonyl (C=O) groups excluding carboxylic acids is 2. The van der Waals surface area contributed by atoms with Crippen LogP contribution in [0.4, 0.5) is 4.79 Å². The van der Waals surface area contributed by atoms with Crippen LogP contribution < -0.4 is 4.74 Å². The van der Waals surface area contributed by atoms with Crippen molar-refractivity contribution < 1.29 is 14.3 Å². The Morgan fingerprint density at radius 3 is 2.71 bits per heavy atom. The fourth-order valence-electron chi connectivity index (χ4n) is 1.41. The van der Waals surface area contributed by atoms with Gasteiger partial charge in [-0.1, -0.05) is 24.3 Å². The highest BCUT2D eigenvalue weighted by molar-refractivity contribution is 8.15. The molecular formula is C12H11NO3S. The van der Waals surface area contributed by atoms with Gasteiger partial charge in [0.15, 0.2) is 0 Å². The van der Waals surface area contributed by atoms with Gasteiger partial charge in [-0.05, 0) is 23.9 Å². The number of imide groups is 1. The molecule has 1 aromatic carbocycles. The fraction of sp³-hybridized carbons (Fsp3) is 0.167. The number of hydrogen-bond donors (Lipinski definition) is 0. The second-order valence-electron chi connectivity index (χ2n) is 3.38. The van der Waals surface area contributed by atoms with Gasteiger partial charge in [0.25, 0.3) is 11.1 Å². The van der Waals surface area contributed by atoms with Gasteiger partial charge in [0, 0.05) is 6.54 Å². The summed E-state index contributed by atoms with van der Waals surface area (Å²) in [7, 11) is 0. The Labute approximate surface area is 103 Å². The molecular weight excluding hydrogens is 238 g/mol. The minimum atomic E-state index is -0.787. The topological polar surface area (TPSA) is 46.6 Å². The highest BCUT2D eigenvalue weighted by atomic mass is 32.2. The number of nitrogens with zero attached hydrogens (tertiary/aromatic N) is 1. The van der Waals surface area contributed by atoms with Gasteiger partial charge in [-0.3, -0.25) is 14.5 Å². The number of hydrogen-bond acceptors (Lipinski definition) is 4. The first-order chi connectivity index (χ1) is 8.22. The largest absolute Gasteiger partial charge is 0.469 e. The molecule has 1 aliphatic rings. The van der Waals surface area contributed by atoms with E-state index in [2.05, 4.69) is 6.58 Å². The summed E-state index contributed by atoms with van der Waals surface area (Å²) in [4.78, 5) is 24.5. The first-order valence-corrected chi connectivity index (χ1v) is 5.95. The molecule has 5 heteroatoms. The van der Waals surface area contributed by atoms with Crippen molar-refractivity contribution in [1.82, 2.24) is 4.90 Å². The average Bonchev–Trinajstić information content (AvgIpc) is 2.59. The predicted molar refractivity (Wildman–Crippen MR) is 65.8 cm³/mol. The second-order valence-corrected chi connectivity index (χ2v) is 4.40. The molecule has 1 aromatic rings. The Hall–Kier alpha value is -1.75. The zero-order valence-corrected chi connectivity index (χ0v) is 9.85. The summed E-state index contributed by atoms with van der Waals surface area (Å²) in [6.07, 6.45) is 1.52. The van der Waals surface area contributed by atoms with Gasteiger partial charge in [0.1, 0.15) is 5.75 Å². The first-order valence-electron chi connectivity index (χ1n) is 5.07. The van der Waals surface area contributed by atoms with Gasteiger partial charge in [-0.15, -0.1) is 6.58 Å². The van der Waals surface area contributed by atoms with E-state index in [1.807, 2.05) is 18.2 Å². The van der Waals surface area contributed by atoms with Crippen LogP contribution in [0, 0.1) is 0 Å². The summed E-state index contributed by atoms with van der Waals surface area (Å²) in [6, 6.07) is 8.96. The molecule has 0 N–H and O–H groups in total. The minimum absolute atomic E-state index is 0.222. The smallest absolute Gasteiger partial charge is 0.292 e. The molecule has 0 radical (unpaired) electrons. The van der Waals surface area contributed by atoms with Gasteiger partial charge in [-0.25, -0.2) is 0 Å². The molecule has 1 unspecified atom stereocenters. The summed E-state index contributed by atoms with van der Waals surface area (Å²) in [5.74, 6) is 0.246. The molecule has 1 saturated heterocycles. The first kappa shape index (κ1) is 11.7. The molecule has 1 fully saturated rings. The van der Waals surface area contributed by atoms with Crippen LogP contribution >= 0.6 is 11.8 Å². The van der Waals surface area contributed by atoms with Crippen molar-refractivity contribution in [3.63, 3.8) is 0 Å². The lowest BCUT2D eigenvalue weighted by Gasteiger charge is -2.12. The van der Waals surface area contributed by atoms with Crippen LogP contribution in [-0.2, 0) is 4.79 Å². The van der Waals surface area contributed by atoms with Crippen molar-refractivity contribution in [3.05, 3.63) is 43.0 Å². The molecule has 2 amide bonds. The molecule has 0 saturated carbocycles. The SMILES string of the molecule is C=CCN1C(=O)SC(Oc2ccccc2)C1=O. The van der Waals surface area contributed by atoms with E-state index < -0.39 is 5.44 Å². The van der Waals surface area contributed by atoms with E-state index in [4.69, 9.17) is 4.74 Å². The van der Waals surface area contributed by atoms with Crippen LogP contribution in [0.2, 0.25) is 0 Å². The zero-order chi connectivity index (χ0) is 12.3. The average molecular weight is 249 g/mol. The maximum absolute atomic E-state index is 11.8. The molecule has 1 aliphatic heterocycles. The number of ether oxygens (including phenoxy) is 1. The van der Waals surface area contributed by atoms with Crippen LogP contribution in [-0.4, -0.2) is 28.0 Å². The highest BCUT2D eigenvalue weighted by Gasteiger charge is 2.40. The monoisotopic (exact) mass is 249 g/mol. The molecule has 88 valence electrons. The Morgan fingerprint density at radius 2 is 2.06 bits per heavy atom. The summed E-state index contributed by atoms with van der Waals surface area (Å²) < 4.78 is 5.45. The van der Waals surface area contributed by atoms with Crippen molar-refractivity contribution in [2.45, 2.75) is 5.44 Å². The maximum Gasteiger partial charge on any atom is 0.292 e. The molecule has 1 heterocycles. The van der Waals surface area contributed by atoms with Gasteiger partial charge < -0.3 is 4.74 Å². The predicted octanol–water partition coefficient (Wildman–Crippen LogP) is 2.27. The molecule has 4 nitrogen and oxygen atoms in total. The molecule has 0 spiro atoms. The fourth-order valence-corrected chi connectivity index (χ4v) is 2.28. The van der Waals surface area contributed by atoms with Crippen molar-refractivity contribution in [2.24, 2.45) is 0 Å².